The summed E-state index contributed by atoms with van der Waals surface area (Å²) in [4.78, 5) is 19.4. The van der Waals surface area contributed by atoms with E-state index in [1.165, 1.54) is 0 Å². The van der Waals surface area contributed by atoms with Crippen molar-refractivity contribution in [2.75, 3.05) is 7.05 Å². The highest BCUT2D eigenvalue weighted by molar-refractivity contribution is 5.84. The van der Waals surface area contributed by atoms with Crippen LogP contribution in [0.5, 0.6) is 0 Å². The molecule has 3 rings (SSSR count). The molecule has 0 saturated heterocycles. The van der Waals surface area contributed by atoms with Crippen molar-refractivity contribution in [3.63, 3.8) is 0 Å². The normalized spacial score (nSPS) is 12.7. The van der Waals surface area contributed by atoms with Gasteiger partial charge in [-0.2, -0.15) is 0 Å². The number of aryl methyl sites for hydroxylation is 1. The minimum atomic E-state index is -0.370. The van der Waals surface area contributed by atoms with E-state index in [0.29, 0.717) is 17.7 Å². The molecule has 1 aromatic carbocycles. The summed E-state index contributed by atoms with van der Waals surface area (Å²) in [6, 6.07) is 7.57. The molecule has 1 atom stereocenters. The molecular formula is C19H25N5O2. The number of rotatable bonds is 6. The van der Waals surface area contributed by atoms with Gasteiger partial charge >= 0.3 is 0 Å². The van der Waals surface area contributed by atoms with Gasteiger partial charge in [0, 0.05) is 20.4 Å². The number of carbonyl (C=O) groups is 1. The zero-order chi connectivity index (χ0) is 18.8. The summed E-state index contributed by atoms with van der Waals surface area (Å²) in [6.45, 7) is 8.24. The van der Waals surface area contributed by atoms with Crippen molar-refractivity contribution in [3.05, 3.63) is 41.9 Å². The number of aromatic nitrogens is 4. The SMILES string of the molecule is Cc1nnc(CN(C)C(=O)[C@H](C)n2c(CC(C)C)nc3ccccc32)o1. The lowest BCUT2D eigenvalue weighted by atomic mass is 10.1. The van der Waals surface area contributed by atoms with Gasteiger partial charge in [0.05, 0.1) is 17.6 Å². The Kier molecular flexibility index (Phi) is 5.06. The predicted octanol–water partition coefficient (Wildman–Crippen LogP) is 3.15. The zero-order valence-corrected chi connectivity index (χ0v) is 15.9. The van der Waals surface area contributed by atoms with Gasteiger partial charge < -0.3 is 13.9 Å². The average molecular weight is 355 g/mol. The lowest BCUT2D eigenvalue weighted by molar-refractivity contribution is -0.133. The summed E-state index contributed by atoms with van der Waals surface area (Å²) in [5.74, 6) is 2.29. The molecule has 0 fully saturated rings. The van der Waals surface area contributed by atoms with Crippen LogP contribution in [0.3, 0.4) is 0 Å². The first-order valence-electron chi connectivity index (χ1n) is 8.86. The molecule has 26 heavy (non-hydrogen) atoms. The fourth-order valence-corrected chi connectivity index (χ4v) is 3.15. The Morgan fingerprint density at radius 1 is 1.23 bits per heavy atom. The van der Waals surface area contributed by atoms with Crippen molar-refractivity contribution >= 4 is 16.9 Å². The smallest absolute Gasteiger partial charge is 0.245 e. The van der Waals surface area contributed by atoms with Crippen LogP contribution in [0.25, 0.3) is 11.0 Å². The van der Waals surface area contributed by atoms with Crippen LogP contribution in [0, 0.1) is 12.8 Å². The van der Waals surface area contributed by atoms with E-state index in [2.05, 4.69) is 24.0 Å². The van der Waals surface area contributed by atoms with Crippen LogP contribution in [0.2, 0.25) is 0 Å². The molecule has 3 aromatic rings. The van der Waals surface area contributed by atoms with Gasteiger partial charge in [0.2, 0.25) is 17.7 Å². The molecule has 7 nitrogen and oxygen atoms in total. The minimum absolute atomic E-state index is 0.0194. The first kappa shape index (κ1) is 18.1. The number of amides is 1. The van der Waals surface area contributed by atoms with Crippen LogP contribution in [0.15, 0.2) is 28.7 Å². The Morgan fingerprint density at radius 2 is 1.96 bits per heavy atom. The third kappa shape index (κ3) is 3.61. The summed E-state index contributed by atoms with van der Waals surface area (Å²) in [6.07, 6.45) is 0.818. The maximum absolute atomic E-state index is 13.0. The van der Waals surface area contributed by atoms with E-state index in [-0.39, 0.29) is 18.5 Å². The predicted molar refractivity (Wildman–Crippen MR) is 98.5 cm³/mol. The standard InChI is InChI=1S/C19H25N5O2/c1-12(2)10-17-20-15-8-6-7-9-16(15)24(17)13(3)19(25)23(5)11-18-22-21-14(4)26-18/h6-9,12-13H,10-11H2,1-5H3/t13-/m0/s1. The van der Waals surface area contributed by atoms with Crippen LogP contribution >= 0.6 is 0 Å². The van der Waals surface area contributed by atoms with Gasteiger partial charge in [-0.15, -0.1) is 10.2 Å². The summed E-state index contributed by atoms with van der Waals surface area (Å²) in [7, 11) is 1.75. The molecule has 0 bridgehead atoms. The molecular weight excluding hydrogens is 330 g/mol. The van der Waals surface area contributed by atoms with Crippen LogP contribution in [-0.2, 0) is 17.8 Å². The molecule has 0 unspecified atom stereocenters. The quantitative estimate of drug-likeness (QED) is 0.679. The molecule has 0 aliphatic carbocycles. The van der Waals surface area contributed by atoms with Crippen molar-refractivity contribution in [1.29, 1.82) is 0 Å². The lowest BCUT2D eigenvalue weighted by Gasteiger charge is -2.23. The number of nitrogens with zero attached hydrogens (tertiary/aromatic N) is 5. The molecule has 0 N–H and O–H groups in total. The Bertz CT molecular complexity index is 912. The van der Waals surface area contributed by atoms with Crippen LogP contribution < -0.4 is 0 Å². The maximum Gasteiger partial charge on any atom is 0.245 e. The van der Waals surface area contributed by atoms with Gasteiger partial charge in [0.15, 0.2) is 0 Å². The molecule has 0 spiro atoms. The molecule has 0 aliphatic heterocycles. The van der Waals surface area contributed by atoms with E-state index >= 15 is 0 Å². The number of para-hydroxylation sites is 2. The Hall–Kier alpha value is -2.70. The van der Waals surface area contributed by atoms with Crippen molar-refractivity contribution in [3.8, 4) is 0 Å². The number of imidazole rings is 1. The Morgan fingerprint density at radius 3 is 2.62 bits per heavy atom. The van der Waals surface area contributed by atoms with E-state index in [4.69, 9.17) is 9.40 Å². The monoisotopic (exact) mass is 355 g/mol. The van der Waals surface area contributed by atoms with Crippen molar-refractivity contribution < 1.29 is 9.21 Å². The summed E-state index contributed by atoms with van der Waals surface area (Å²) in [5.41, 5.74) is 1.89. The Labute approximate surface area is 153 Å². The van der Waals surface area contributed by atoms with Crippen molar-refractivity contribution in [1.82, 2.24) is 24.6 Å². The van der Waals surface area contributed by atoms with Crippen LogP contribution in [0.4, 0.5) is 0 Å². The first-order chi connectivity index (χ1) is 12.4. The van der Waals surface area contributed by atoms with Gasteiger partial charge in [0.25, 0.3) is 0 Å². The van der Waals surface area contributed by atoms with Gasteiger partial charge in [-0.05, 0) is 25.0 Å². The number of likely N-dealkylation sites (N-methyl/N-ethyl adjacent to an activating group) is 1. The van der Waals surface area contributed by atoms with E-state index in [0.717, 1.165) is 23.3 Å². The van der Waals surface area contributed by atoms with Crippen molar-refractivity contribution in [2.24, 2.45) is 5.92 Å². The number of benzene rings is 1. The van der Waals surface area contributed by atoms with E-state index in [9.17, 15) is 4.79 Å². The van der Waals surface area contributed by atoms with Crippen LogP contribution in [0.1, 0.15) is 44.4 Å². The fourth-order valence-electron chi connectivity index (χ4n) is 3.15. The third-order valence-electron chi connectivity index (χ3n) is 4.32. The largest absolute Gasteiger partial charge is 0.424 e. The van der Waals surface area contributed by atoms with Gasteiger partial charge in [-0.3, -0.25) is 4.79 Å². The first-order valence-corrected chi connectivity index (χ1v) is 8.86. The van der Waals surface area contributed by atoms with E-state index in [1.54, 1.807) is 18.9 Å². The fraction of sp³-hybridized carbons (Fsp3) is 0.474. The molecule has 0 radical (unpaired) electrons. The number of fused-ring (bicyclic) bond motifs is 1. The summed E-state index contributed by atoms with van der Waals surface area (Å²) >= 11 is 0. The minimum Gasteiger partial charge on any atom is -0.424 e. The zero-order valence-electron chi connectivity index (χ0n) is 15.9. The second kappa shape index (κ2) is 7.27. The Balaban J connectivity index is 1.90. The third-order valence-corrected chi connectivity index (χ3v) is 4.32. The van der Waals surface area contributed by atoms with E-state index < -0.39 is 0 Å². The van der Waals surface area contributed by atoms with Crippen molar-refractivity contribution in [2.45, 2.75) is 46.7 Å². The van der Waals surface area contributed by atoms with E-state index in [1.807, 2.05) is 35.8 Å². The molecule has 0 aliphatic rings. The number of hydrogen-bond donors (Lipinski definition) is 0. The number of hydrogen-bond acceptors (Lipinski definition) is 5. The molecule has 138 valence electrons. The second-order valence-electron chi connectivity index (χ2n) is 7.07. The maximum atomic E-state index is 13.0. The summed E-state index contributed by atoms with van der Waals surface area (Å²) < 4.78 is 7.43. The molecule has 2 aromatic heterocycles. The molecule has 2 heterocycles. The molecule has 7 heteroatoms. The highest BCUT2D eigenvalue weighted by Gasteiger charge is 2.25. The highest BCUT2D eigenvalue weighted by atomic mass is 16.4. The molecule has 1 amide bonds. The molecule has 0 saturated carbocycles. The second-order valence-corrected chi connectivity index (χ2v) is 7.07. The average Bonchev–Trinajstić information content (AvgIpc) is 3.15. The van der Waals surface area contributed by atoms with Gasteiger partial charge in [0.1, 0.15) is 11.9 Å². The summed E-state index contributed by atoms with van der Waals surface area (Å²) in [5, 5.41) is 7.78. The topological polar surface area (TPSA) is 77.1 Å². The van der Waals surface area contributed by atoms with Gasteiger partial charge in [-0.1, -0.05) is 26.0 Å². The van der Waals surface area contributed by atoms with Gasteiger partial charge in [-0.25, -0.2) is 4.98 Å². The number of carbonyl (C=O) groups excluding carboxylic acids is 1. The van der Waals surface area contributed by atoms with Crippen LogP contribution in [-0.4, -0.2) is 37.6 Å². The lowest BCUT2D eigenvalue weighted by Crippen LogP contribution is -2.33. The highest BCUT2D eigenvalue weighted by Crippen LogP contribution is 2.24.